The predicted octanol–water partition coefficient (Wildman–Crippen LogP) is 4.10. The minimum Gasteiger partial charge on any atom is -0.299 e. The molecule has 0 radical (unpaired) electrons. The predicted molar refractivity (Wildman–Crippen MR) is 75.7 cm³/mol. The Morgan fingerprint density at radius 3 is 1.89 bits per heavy atom. The number of rotatable bonds is 3. The SMILES string of the molecule is Cc1cccc(C)c1CC(=O)C1C(C)(C)C1(C)C. The molecule has 18 heavy (non-hydrogen) atoms. The average molecular weight is 244 g/mol. The highest BCUT2D eigenvalue weighted by atomic mass is 16.1. The van der Waals surface area contributed by atoms with Crippen LogP contribution >= 0.6 is 0 Å². The molecule has 2 rings (SSSR count). The van der Waals surface area contributed by atoms with Gasteiger partial charge in [-0.05, 0) is 41.4 Å². The molecule has 0 spiro atoms. The van der Waals surface area contributed by atoms with Gasteiger partial charge in [-0.2, -0.15) is 0 Å². The summed E-state index contributed by atoms with van der Waals surface area (Å²) in [6.07, 6.45) is 0.593. The molecule has 0 saturated heterocycles. The van der Waals surface area contributed by atoms with E-state index < -0.39 is 0 Å². The van der Waals surface area contributed by atoms with E-state index in [1.807, 2.05) is 0 Å². The summed E-state index contributed by atoms with van der Waals surface area (Å²) in [5.74, 6) is 0.617. The fourth-order valence-electron chi connectivity index (χ4n) is 3.41. The van der Waals surface area contributed by atoms with Gasteiger partial charge in [-0.3, -0.25) is 4.79 Å². The summed E-state index contributed by atoms with van der Waals surface area (Å²) in [7, 11) is 0. The van der Waals surface area contributed by atoms with Gasteiger partial charge in [-0.15, -0.1) is 0 Å². The van der Waals surface area contributed by atoms with Crippen LogP contribution in [0.25, 0.3) is 0 Å². The van der Waals surface area contributed by atoms with Crippen molar-refractivity contribution in [3.63, 3.8) is 0 Å². The van der Waals surface area contributed by atoms with Gasteiger partial charge in [0.05, 0.1) is 0 Å². The van der Waals surface area contributed by atoms with Crippen molar-refractivity contribution < 1.29 is 4.79 Å². The van der Waals surface area contributed by atoms with E-state index in [1.54, 1.807) is 0 Å². The third-order valence-corrected chi connectivity index (χ3v) is 5.34. The van der Waals surface area contributed by atoms with Gasteiger partial charge in [0.2, 0.25) is 0 Å². The number of Topliss-reactive ketones (excluding diaryl/α,β-unsaturated/α-hetero) is 1. The van der Waals surface area contributed by atoms with Gasteiger partial charge in [0.15, 0.2) is 0 Å². The maximum Gasteiger partial charge on any atom is 0.141 e. The molecule has 0 unspecified atom stereocenters. The molecule has 0 heterocycles. The van der Waals surface area contributed by atoms with Crippen molar-refractivity contribution in [3.05, 3.63) is 34.9 Å². The summed E-state index contributed by atoms with van der Waals surface area (Å²) in [5.41, 5.74) is 4.00. The second-order valence-corrected chi connectivity index (χ2v) is 6.89. The largest absolute Gasteiger partial charge is 0.299 e. The first-order valence-corrected chi connectivity index (χ1v) is 6.77. The Bertz CT molecular complexity index is 460. The van der Waals surface area contributed by atoms with Crippen LogP contribution in [0.3, 0.4) is 0 Å². The quantitative estimate of drug-likeness (QED) is 0.782. The first kappa shape index (κ1) is 13.3. The lowest BCUT2D eigenvalue weighted by Gasteiger charge is -2.09. The van der Waals surface area contributed by atoms with E-state index in [2.05, 4.69) is 59.7 Å². The van der Waals surface area contributed by atoms with Gasteiger partial charge in [-0.25, -0.2) is 0 Å². The zero-order valence-electron chi connectivity index (χ0n) is 12.4. The lowest BCUT2D eigenvalue weighted by atomic mass is 9.95. The normalized spacial score (nSPS) is 20.8. The molecule has 1 aromatic carbocycles. The summed E-state index contributed by atoms with van der Waals surface area (Å²) in [4.78, 5) is 12.5. The van der Waals surface area contributed by atoms with E-state index in [1.165, 1.54) is 16.7 Å². The molecule has 0 bridgehead atoms. The first-order valence-electron chi connectivity index (χ1n) is 6.77. The zero-order valence-corrected chi connectivity index (χ0v) is 12.4. The molecule has 0 amide bonds. The third-order valence-electron chi connectivity index (χ3n) is 5.34. The molecular weight excluding hydrogens is 220 g/mol. The standard InChI is InChI=1S/C17H24O/c1-11-8-7-9-12(2)13(11)10-14(18)15-16(3,4)17(15,5)6/h7-9,15H,10H2,1-6H3. The Hall–Kier alpha value is -1.11. The number of carbonyl (C=O) groups excluding carboxylic acids is 1. The fraction of sp³-hybridized carbons (Fsp3) is 0.588. The van der Waals surface area contributed by atoms with Crippen LogP contribution in [0.4, 0.5) is 0 Å². The Morgan fingerprint density at radius 2 is 1.50 bits per heavy atom. The number of aryl methyl sites for hydroxylation is 2. The van der Waals surface area contributed by atoms with Crippen LogP contribution in [-0.4, -0.2) is 5.78 Å². The van der Waals surface area contributed by atoms with Gasteiger partial charge in [0.1, 0.15) is 5.78 Å². The van der Waals surface area contributed by atoms with E-state index >= 15 is 0 Å². The number of hydrogen-bond donors (Lipinski definition) is 0. The number of hydrogen-bond acceptors (Lipinski definition) is 1. The van der Waals surface area contributed by atoms with Crippen molar-refractivity contribution in [1.29, 1.82) is 0 Å². The van der Waals surface area contributed by atoms with Crippen molar-refractivity contribution in [2.45, 2.75) is 48.0 Å². The Balaban J connectivity index is 2.20. The molecule has 1 aromatic rings. The molecule has 0 N–H and O–H groups in total. The fourth-order valence-corrected chi connectivity index (χ4v) is 3.41. The maximum atomic E-state index is 12.5. The molecule has 0 atom stereocenters. The summed E-state index contributed by atoms with van der Waals surface area (Å²) in [6, 6.07) is 6.25. The van der Waals surface area contributed by atoms with Gasteiger partial charge >= 0.3 is 0 Å². The smallest absolute Gasteiger partial charge is 0.141 e. The Labute approximate surface area is 111 Å². The van der Waals surface area contributed by atoms with Crippen LogP contribution in [0.5, 0.6) is 0 Å². The van der Waals surface area contributed by atoms with Gasteiger partial charge < -0.3 is 0 Å². The molecule has 1 nitrogen and oxygen atoms in total. The number of benzene rings is 1. The summed E-state index contributed by atoms with van der Waals surface area (Å²) < 4.78 is 0. The van der Waals surface area contributed by atoms with Crippen molar-refractivity contribution in [2.75, 3.05) is 0 Å². The van der Waals surface area contributed by atoms with Crippen LogP contribution in [-0.2, 0) is 11.2 Å². The lowest BCUT2D eigenvalue weighted by Crippen LogP contribution is -2.12. The topological polar surface area (TPSA) is 17.1 Å². The van der Waals surface area contributed by atoms with Crippen LogP contribution in [0.2, 0.25) is 0 Å². The molecule has 1 saturated carbocycles. The molecule has 1 fully saturated rings. The van der Waals surface area contributed by atoms with Crippen molar-refractivity contribution in [3.8, 4) is 0 Å². The van der Waals surface area contributed by atoms with Gasteiger partial charge in [0.25, 0.3) is 0 Å². The van der Waals surface area contributed by atoms with Crippen LogP contribution < -0.4 is 0 Å². The summed E-state index contributed by atoms with van der Waals surface area (Å²) in [5, 5.41) is 0. The molecule has 1 aliphatic rings. The average Bonchev–Trinajstić information content (AvgIpc) is 2.63. The third kappa shape index (κ3) is 1.81. The second-order valence-electron chi connectivity index (χ2n) is 6.89. The van der Waals surface area contributed by atoms with E-state index in [9.17, 15) is 4.79 Å². The second kappa shape index (κ2) is 3.94. The molecule has 98 valence electrons. The van der Waals surface area contributed by atoms with Crippen LogP contribution in [0.1, 0.15) is 44.4 Å². The Morgan fingerprint density at radius 1 is 1.06 bits per heavy atom. The van der Waals surface area contributed by atoms with Crippen molar-refractivity contribution in [2.24, 2.45) is 16.7 Å². The van der Waals surface area contributed by atoms with E-state index in [0.717, 1.165) is 0 Å². The lowest BCUT2D eigenvalue weighted by molar-refractivity contribution is -0.120. The van der Waals surface area contributed by atoms with E-state index in [4.69, 9.17) is 0 Å². The van der Waals surface area contributed by atoms with Crippen molar-refractivity contribution >= 4 is 5.78 Å². The van der Waals surface area contributed by atoms with E-state index in [0.29, 0.717) is 12.2 Å². The maximum absolute atomic E-state index is 12.5. The molecular formula is C17H24O. The highest BCUT2D eigenvalue weighted by molar-refractivity contribution is 5.88. The minimum atomic E-state index is 0.153. The summed E-state index contributed by atoms with van der Waals surface area (Å²) >= 11 is 0. The van der Waals surface area contributed by atoms with Gasteiger partial charge in [-0.1, -0.05) is 45.9 Å². The molecule has 0 aliphatic heterocycles. The van der Waals surface area contributed by atoms with Crippen LogP contribution in [0, 0.1) is 30.6 Å². The first-order chi connectivity index (χ1) is 8.19. The highest BCUT2D eigenvalue weighted by Gasteiger charge is 2.67. The Kier molecular flexibility index (Phi) is 2.92. The van der Waals surface area contributed by atoms with E-state index in [-0.39, 0.29) is 16.7 Å². The number of ketones is 1. The zero-order chi connectivity index (χ0) is 13.7. The van der Waals surface area contributed by atoms with Crippen LogP contribution in [0.15, 0.2) is 18.2 Å². The van der Waals surface area contributed by atoms with Crippen molar-refractivity contribution in [1.82, 2.24) is 0 Å². The summed E-state index contributed by atoms with van der Waals surface area (Å²) in [6.45, 7) is 13.0. The molecule has 1 heteroatoms. The molecule has 1 aliphatic carbocycles. The number of carbonyl (C=O) groups is 1. The monoisotopic (exact) mass is 244 g/mol. The highest BCUT2D eigenvalue weighted by Crippen LogP contribution is 2.68. The molecule has 0 aromatic heterocycles. The van der Waals surface area contributed by atoms with Gasteiger partial charge in [0, 0.05) is 12.3 Å². The minimum absolute atomic E-state index is 0.153.